The highest BCUT2D eigenvalue weighted by molar-refractivity contribution is 5.97. The second-order valence-electron chi connectivity index (χ2n) is 3.49. The molecule has 1 unspecified atom stereocenters. The first kappa shape index (κ1) is 11.4. The Kier molecular flexibility index (Phi) is 3.55. The number of hydrogen-bond acceptors (Lipinski definition) is 3. The van der Waals surface area contributed by atoms with Crippen LogP contribution in [0.3, 0.4) is 0 Å². The molecule has 1 aromatic rings. The number of nitrogens with zero attached hydrogens (tertiary/aromatic N) is 1. The van der Waals surface area contributed by atoms with Crippen molar-refractivity contribution in [3.8, 4) is 0 Å². The minimum Gasteiger partial charge on any atom is -0.343 e. The Morgan fingerprint density at radius 1 is 1.47 bits per heavy atom. The first-order chi connectivity index (χ1) is 7.00. The van der Waals surface area contributed by atoms with Gasteiger partial charge in [0.15, 0.2) is 5.78 Å². The summed E-state index contributed by atoms with van der Waals surface area (Å²) in [6.45, 7) is 4.92. The number of ketones is 1. The fourth-order valence-electron chi connectivity index (χ4n) is 1.07. The van der Waals surface area contributed by atoms with Crippen LogP contribution in [0.4, 0.5) is 0 Å². The van der Waals surface area contributed by atoms with Gasteiger partial charge in [-0.15, -0.1) is 0 Å². The van der Waals surface area contributed by atoms with Crippen molar-refractivity contribution in [2.24, 2.45) is 0 Å². The molecule has 0 aliphatic heterocycles. The summed E-state index contributed by atoms with van der Waals surface area (Å²) >= 11 is 0. The average Bonchev–Trinajstić information content (AvgIpc) is 2.17. The van der Waals surface area contributed by atoms with Crippen LogP contribution < -0.4 is 5.32 Å². The van der Waals surface area contributed by atoms with Crippen molar-refractivity contribution in [3.05, 3.63) is 29.6 Å². The Morgan fingerprint density at radius 2 is 2.13 bits per heavy atom. The molecule has 0 aromatic carbocycles. The van der Waals surface area contributed by atoms with Gasteiger partial charge in [0.25, 0.3) is 5.91 Å². The molecule has 0 bridgehead atoms. The number of hydrogen-bond donors (Lipinski definition) is 1. The third-order valence-corrected chi connectivity index (χ3v) is 2.12. The van der Waals surface area contributed by atoms with E-state index in [2.05, 4.69) is 10.3 Å². The molecule has 0 saturated heterocycles. The molecular weight excluding hydrogens is 192 g/mol. The molecule has 80 valence electrons. The van der Waals surface area contributed by atoms with E-state index in [0.717, 1.165) is 5.69 Å². The summed E-state index contributed by atoms with van der Waals surface area (Å²) in [4.78, 5) is 26.6. The Hall–Kier alpha value is -1.71. The van der Waals surface area contributed by atoms with Gasteiger partial charge in [-0.25, -0.2) is 0 Å². The minimum atomic E-state index is -0.453. The van der Waals surface area contributed by atoms with Crippen LogP contribution in [-0.4, -0.2) is 22.7 Å². The van der Waals surface area contributed by atoms with Gasteiger partial charge in [0.05, 0.1) is 6.04 Å². The summed E-state index contributed by atoms with van der Waals surface area (Å²) in [5.74, 6) is -0.308. The number of Topliss-reactive ketones (excluding diaryl/α,β-unsaturated/α-hetero) is 1. The molecule has 1 aromatic heterocycles. The molecule has 0 fully saturated rings. The number of pyridine rings is 1. The maximum atomic E-state index is 11.6. The molecular formula is C11H14N2O2. The highest BCUT2D eigenvalue weighted by Crippen LogP contribution is 2.01. The van der Waals surface area contributed by atoms with Crippen LogP contribution in [0.5, 0.6) is 0 Å². The molecule has 0 aliphatic carbocycles. The van der Waals surface area contributed by atoms with Crippen LogP contribution in [0.1, 0.15) is 29.9 Å². The summed E-state index contributed by atoms with van der Waals surface area (Å²) < 4.78 is 0. The summed E-state index contributed by atoms with van der Waals surface area (Å²) in [5.41, 5.74) is 1.30. The van der Waals surface area contributed by atoms with Crippen molar-refractivity contribution in [1.29, 1.82) is 0 Å². The van der Waals surface area contributed by atoms with Crippen molar-refractivity contribution in [2.75, 3.05) is 0 Å². The molecule has 1 amide bonds. The highest BCUT2D eigenvalue weighted by Gasteiger charge is 2.12. The van der Waals surface area contributed by atoms with E-state index in [4.69, 9.17) is 0 Å². The Balaban J connectivity index is 2.73. The Morgan fingerprint density at radius 3 is 2.67 bits per heavy atom. The van der Waals surface area contributed by atoms with Gasteiger partial charge >= 0.3 is 0 Å². The fourth-order valence-corrected chi connectivity index (χ4v) is 1.07. The van der Waals surface area contributed by atoms with E-state index in [-0.39, 0.29) is 11.7 Å². The quantitative estimate of drug-likeness (QED) is 0.805. The molecule has 0 saturated carbocycles. The SMILES string of the molecule is CC(=O)C(C)NC(=O)c1ccnc(C)c1. The third kappa shape index (κ3) is 3.16. The highest BCUT2D eigenvalue weighted by atomic mass is 16.2. The predicted molar refractivity (Wildman–Crippen MR) is 56.6 cm³/mol. The number of carbonyl (C=O) groups is 2. The molecule has 0 aliphatic rings. The van der Waals surface area contributed by atoms with Gasteiger partial charge in [0, 0.05) is 17.5 Å². The van der Waals surface area contributed by atoms with Gasteiger partial charge in [0.2, 0.25) is 0 Å². The first-order valence-corrected chi connectivity index (χ1v) is 4.74. The number of amides is 1. The zero-order valence-corrected chi connectivity index (χ0v) is 9.07. The molecule has 4 heteroatoms. The first-order valence-electron chi connectivity index (χ1n) is 4.74. The molecule has 1 atom stereocenters. The van der Waals surface area contributed by atoms with Crippen LogP contribution in [-0.2, 0) is 4.79 Å². The van der Waals surface area contributed by atoms with E-state index in [9.17, 15) is 9.59 Å². The number of rotatable bonds is 3. The lowest BCUT2D eigenvalue weighted by Crippen LogP contribution is -2.37. The summed E-state index contributed by atoms with van der Waals surface area (Å²) in [6, 6.07) is 2.85. The van der Waals surface area contributed by atoms with Gasteiger partial charge in [-0.3, -0.25) is 14.6 Å². The van der Waals surface area contributed by atoms with Crippen molar-refractivity contribution >= 4 is 11.7 Å². The van der Waals surface area contributed by atoms with Crippen molar-refractivity contribution in [1.82, 2.24) is 10.3 Å². The fraction of sp³-hybridized carbons (Fsp3) is 0.364. The molecule has 0 radical (unpaired) electrons. The number of carbonyl (C=O) groups excluding carboxylic acids is 2. The van der Waals surface area contributed by atoms with Gasteiger partial charge in [-0.1, -0.05) is 0 Å². The van der Waals surface area contributed by atoms with Gasteiger partial charge in [0.1, 0.15) is 0 Å². The van der Waals surface area contributed by atoms with E-state index in [1.54, 1.807) is 25.3 Å². The molecule has 1 heterocycles. The van der Waals surface area contributed by atoms with E-state index in [0.29, 0.717) is 5.56 Å². The standard InChI is InChI=1S/C11H14N2O2/c1-7-6-10(4-5-12-7)11(15)13-8(2)9(3)14/h4-6,8H,1-3H3,(H,13,15). The van der Waals surface area contributed by atoms with Crippen molar-refractivity contribution < 1.29 is 9.59 Å². The maximum absolute atomic E-state index is 11.6. The van der Waals surface area contributed by atoms with E-state index in [1.165, 1.54) is 6.92 Å². The zero-order chi connectivity index (χ0) is 11.4. The predicted octanol–water partition coefficient (Wildman–Crippen LogP) is 1.10. The number of nitrogens with one attached hydrogen (secondary N) is 1. The van der Waals surface area contributed by atoms with E-state index < -0.39 is 6.04 Å². The van der Waals surface area contributed by atoms with Crippen LogP contribution in [0, 0.1) is 6.92 Å². The lowest BCUT2D eigenvalue weighted by atomic mass is 10.2. The molecule has 1 N–H and O–H groups in total. The van der Waals surface area contributed by atoms with Gasteiger partial charge < -0.3 is 5.32 Å². The minimum absolute atomic E-state index is 0.0610. The van der Waals surface area contributed by atoms with Gasteiger partial charge in [-0.2, -0.15) is 0 Å². The number of aryl methyl sites for hydroxylation is 1. The van der Waals surface area contributed by atoms with Crippen LogP contribution >= 0.6 is 0 Å². The van der Waals surface area contributed by atoms with Gasteiger partial charge in [-0.05, 0) is 32.9 Å². The smallest absolute Gasteiger partial charge is 0.251 e. The Labute approximate surface area is 88.7 Å². The van der Waals surface area contributed by atoms with E-state index >= 15 is 0 Å². The second kappa shape index (κ2) is 4.68. The molecule has 1 rings (SSSR count). The molecule has 15 heavy (non-hydrogen) atoms. The van der Waals surface area contributed by atoms with Crippen molar-refractivity contribution in [2.45, 2.75) is 26.8 Å². The number of aromatic nitrogens is 1. The Bertz CT molecular complexity index is 388. The molecule has 4 nitrogen and oxygen atoms in total. The van der Waals surface area contributed by atoms with Crippen LogP contribution in [0.15, 0.2) is 18.3 Å². The summed E-state index contributed by atoms with van der Waals surface area (Å²) in [7, 11) is 0. The van der Waals surface area contributed by atoms with Crippen molar-refractivity contribution in [3.63, 3.8) is 0 Å². The molecule has 0 spiro atoms. The lowest BCUT2D eigenvalue weighted by Gasteiger charge is -2.10. The third-order valence-electron chi connectivity index (χ3n) is 2.12. The largest absolute Gasteiger partial charge is 0.343 e. The topological polar surface area (TPSA) is 59.1 Å². The zero-order valence-electron chi connectivity index (χ0n) is 9.07. The van der Waals surface area contributed by atoms with Crippen LogP contribution in [0.25, 0.3) is 0 Å². The monoisotopic (exact) mass is 206 g/mol. The van der Waals surface area contributed by atoms with Crippen LogP contribution in [0.2, 0.25) is 0 Å². The second-order valence-corrected chi connectivity index (χ2v) is 3.49. The van der Waals surface area contributed by atoms with E-state index in [1.807, 2.05) is 6.92 Å². The summed E-state index contributed by atoms with van der Waals surface area (Å²) in [5, 5.41) is 2.61. The lowest BCUT2D eigenvalue weighted by molar-refractivity contribution is -0.118. The summed E-state index contributed by atoms with van der Waals surface area (Å²) in [6.07, 6.45) is 1.57. The maximum Gasteiger partial charge on any atom is 0.251 e. The average molecular weight is 206 g/mol. The normalized spacial score (nSPS) is 11.9.